The number of anilines is 1. The summed E-state index contributed by atoms with van der Waals surface area (Å²) in [7, 11) is 0. The summed E-state index contributed by atoms with van der Waals surface area (Å²) in [6, 6.07) is 5.45. The molecule has 9 heteroatoms. The van der Waals surface area contributed by atoms with Crippen molar-refractivity contribution in [2.45, 2.75) is 38.5 Å². The molecule has 1 aliphatic heterocycles. The molecule has 1 N–H and O–H groups in total. The molecule has 0 saturated carbocycles. The molecule has 8 nitrogen and oxygen atoms in total. The Morgan fingerprint density at radius 3 is 3.08 bits per heavy atom. The molecular weight excluding hydrogens is 352 g/mol. The van der Waals surface area contributed by atoms with E-state index in [0.717, 1.165) is 35.6 Å². The van der Waals surface area contributed by atoms with E-state index in [9.17, 15) is 4.79 Å². The van der Waals surface area contributed by atoms with Crippen LogP contribution >= 0.6 is 11.7 Å². The van der Waals surface area contributed by atoms with Gasteiger partial charge in [0.25, 0.3) is 0 Å². The van der Waals surface area contributed by atoms with Gasteiger partial charge in [-0.2, -0.15) is 13.7 Å². The maximum Gasteiger partial charge on any atom is 0.321 e. The van der Waals surface area contributed by atoms with E-state index in [1.165, 1.54) is 0 Å². The third kappa shape index (κ3) is 3.26. The molecule has 0 unspecified atom stereocenters. The fraction of sp³-hybridized carbons (Fsp3) is 0.471. The lowest BCUT2D eigenvalue weighted by Gasteiger charge is -2.31. The van der Waals surface area contributed by atoms with Crippen molar-refractivity contribution in [2.75, 3.05) is 18.4 Å². The largest absolute Gasteiger partial charge is 0.339 e. The monoisotopic (exact) mass is 372 g/mol. The van der Waals surface area contributed by atoms with Crippen molar-refractivity contribution in [3.63, 3.8) is 0 Å². The molecule has 1 aromatic carbocycles. The van der Waals surface area contributed by atoms with Gasteiger partial charge in [0, 0.05) is 19.0 Å². The highest BCUT2D eigenvalue weighted by atomic mass is 32.1. The van der Waals surface area contributed by atoms with Crippen LogP contribution in [0.5, 0.6) is 0 Å². The van der Waals surface area contributed by atoms with Crippen molar-refractivity contribution in [2.24, 2.45) is 0 Å². The molecule has 136 valence electrons. The maximum atomic E-state index is 12.7. The number of aromatic nitrogens is 4. The van der Waals surface area contributed by atoms with E-state index in [0.29, 0.717) is 30.5 Å². The van der Waals surface area contributed by atoms with Gasteiger partial charge in [0.15, 0.2) is 5.82 Å². The van der Waals surface area contributed by atoms with Crippen molar-refractivity contribution in [1.29, 1.82) is 0 Å². The standard InChI is InChI=1S/C17H20N6O2S/c1-10(2)15-19-16(25-20-15)11-5-4-8-23(9-11)17(24)18-12-6-3-7-13-14(12)22-26-21-13/h3,6-7,10-11H,4-5,8-9H2,1-2H3,(H,18,24)/t11-/m0/s1. The average molecular weight is 372 g/mol. The Morgan fingerprint density at radius 1 is 1.38 bits per heavy atom. The van der Waals surface area contributed by atoms with E-state index in [4.69, 9.17) is 4.52 Å². The molecule has 0 radical (unpaired) electrons. The van der Waals surface area contributed by atoms with Crippen molar-refractivity contribution < 1.29 is 9.32 Å². The number of carbonyl (C=O) groups excluding carboxylic acids is 1. The third-order valence-electron chi connectivity index (χ3n) is 4.56. The number of carbonyl (C=O) groups is 1. The summed E-state index contributed by atoms with van der Waals surface area (Å²) >= 11 is 1.14. The zero-order valence-corrected chi connectivity index (χ0v) is 15.5. The van der Waals surface area contributed by atoms with Gasteiger partial charge in [0.1, 0.15) is 11.0 Å². The summed E-state index contributed by atoms with van der Waals surface area (Å²) in [6.07, 6.45) is 1.84. The zero-order valence-electron chi connectivity index (χ0n) is 14.7. The summed E-state index contributed by atoms with van der Waals surface area (Å²) < 4.78 is 13.9. The Morgan fingerprint density at radius 2 is 2.27 bits per heavy atom. The summed E-state index contributed by atoms with van der Waals surface area (Å²) in [5, 5.41) is 7.00. The molecule has 1 fully saturated rings. The number of nitrogens with zero attached hydrogens (tertiary/aromatic N) is 5. The van der Waals surface area contributed by atoms with Crippen LogP contribution in [0.15, 0.2) is 22.7 Å². The Hall–Kier alpha value is -2.55. The Kier molecular flexibility index (Phi) is 4.54. The Balaban J connectivity index is 1.47. The minimum Gasteiger partial charge on any atom is -0.339 e. The summed E-state index contributed by atoms with van der Waals surface area (Å²) in [4.78, 5) is 19.0. The molecule has 0 spiro atoms. The maximum absolute atomic E-state index is 12.7. The van der Waals surface area contributed by atoms with Gasteiger partial charge < -0.3 is 14.7 Å². The van der Waals surface area contributed by atoms with E-state index in [2.05, 4.69) is 24.2 Å². The first-order valence-corrected chi connectivity index (χ1v) is 9.45. The topological polar surface area (TPSA) is 97.0 Å². The molecule has 3 aromatic rings. The summed E-state index contributed by atoms with van der Waals surface area (Å²) in [5.41, 5.74) is 2.19. The van der Waals surface area contributed by atoms with Crippen molar-refractivity contribution in [3.8, 4) is 0 Å². The summed E-state index contributed by atoms with van der Waals surface area (Å²) in [5.74, 6) is 1.63. The van der Waals surface area contributed by atoms with Gasteiger partial charge in [-0.05, 0) is 25.0 Å². The predicted molar refractivity (Wildman–Crippen MR) is 98.4 cm³/mol. The molecule has 4 rings (SSSR count). The molecule has 3 heterocycles. The SMILES string of the molecule is CC(C)c1noc([C@H]2CCCN(C(=O)Nc3cccc4nsnc34)C2)n1. The van der Waals surface area contributed by atoms with E-state index in [-0.39, 0.29) is 17.9 Å². The van der Waals surface area contributed by atoms with Crippen LogP contribution in [0, 0.1) is 0 Å². The molecule has 26 heavy (non-hydrogen) atoms. The van der Waals surface area contributed by atoms with E-state index < -0.39 is 0 Å². The quantitative estimate of drug-likeness (QED) is 0.754. The van der Waals surface area contributed by atoms with Gasteiger partial charge in [-0.1, -0.05) is 25.1 Å². The number of amides is 2. The van der Waals surface area contributed by atoms with Crippen LogP contribution in [0.4, 0.5) is 10.5 Å². The van der Waals surface area contributed by atoms with Crippen LogP contribution in [-0.4, -0.2) is 42.9 Å². The lowest BCUT2D eigenvalue weighted by Crippen LogP contribution is -2.41. The van der Waals surface area contributed by atoms with Crippen LogP contribution in [0.2, 0.25) is 0 Å². The van der Waals surface area contributed by atoms with Gasteiger partial charge in [-0.25, -0.2) is 4.79 Å². The lowest BCUT2D eigenvalue weighted by molar-refractivity contribution is 0.184. The Bertz CT molecular complexity index is 921. The second-order valence-corrected chi connectivity index (χ2v) is 7.33. The minimum atomic E-state index is -0.140. The number of nitrogens with one attached hydrogen (secondary N) is 1. The molecule has 2 aromatic heterocycles. The third-order valence-corrected chi connectivity index (χ3v) is 5.10. The molecule has 1 saturated heterocycles. The van der Waals surface area contributed by atoms with Gasteiger partial charge in [0.05, 0.1) is 23.3 Å². The molecule has 1 atom stereocenters. The Labute approximate surface area is 154 Å². The highest BCUT2D eigenvalue weighted by molar-refractivity contribution is 7.00. The highest BCUT2D eigenvalue weighted by Crippen LogP contribution is 2.28. The van der Waals surface area contributed by atoms with Crippen molar-refractivity contribution >= 4 is 34.5 Å². The number of hydrogen-bond donors (Lipinski definition) is 1. The molecule has 2 amide bonds. The van der Waals surface area contributed by atoms with Crippen LogP contribution in [0.25, 0.3) is 11.0 Å². The van der Waals surface area contributed by atoms with Gasteiger partial charge in [-0.3, -0.25) is 0 Å². The predicted octanol–water partition coefficient (Wildman–Crippen LogP) is 3.61. The smallest absolute Gasteiger partial charge is 0.321 e. The molecule has 0 bridgehead atoms. The van der Waals surface area contributed by atoms with Crippen LogP contribution in [0.3, 0.4) is 0 Å². The number of hydrogen-bond acceptors (Lipinski definition) is 7. The number of benzene rings is 1. The van der Waals surface area contributed by atoms with E-state index in [1.807, 2.05) is 32.0 Å². The molecule has 0 aliphatic carbocycles. The van der Waals surface area contributed by atoms with Gasteiger partial charge >= 0.3 is 6.03 Å². The number of urea groups is 1. The molecule has 1 aliphatic rings. The first kappa shape index (κ1) is 16.9. The average Bonchev–Trinajstić information content (AvgIpc) is 3.32. The zero-order chi connectivity index (χ0) is 18.1. The highest BCUT2D eigenvalue weighted by Gasteiger charge is 2.29. The van der Waals surface area contributed by atoms with E-state index in [1.54, 1.807) is 4.90 Å². The van der Waals surface area contributed by atoms with E-state index >= 15 is 0 Å². The lowest BCUT2D eigenvalue weighted by atomic mass is 9.98. The van der Waals surface area contributed by atoms with Gasteiger partial charge in [0.2, 0.25) is 5.89 Å². The van der Waals surface area contributed by atoms with Gasteiger partial charge in [-0.15, -0.1) is 0 Å². The van der Waals surface area contributed by atoms with Crippen LogP contribution < -0.4 is 5.32 Å². The summed E-state index contributed by atoms with van der Waals surface area (Å²) in [6.45, 7) is 5.34. The fourth-order valence-corrected chi connectivity index (χ4v) is 3.66. The van der Waals surface area contributed by atoms with Crippen molar-refractivity contribution in [3.05, 3.63) is 29.9 Å². The number of piperidine rings is 1. The number of fused-ring (bicyclic) bond motifs is 1. The second-order valence-electron chi connectivity index (χ2n) is 6.80. The number of rotatable bonds is 3. The molecular formula is C17H20N6O2S. The minimum absolute atomic E-state index is 0.0752. The first-order valence-electron chi connectivity index (χ1n) is 8.72. The number of likely N-dealkylation sites (tertiary alicyclic amines) is 1. The van der Waals surface area contributed by atoms with Crippen molar-refractivity contribution in [1.82, 2.24) is 23.8 Å². The fourth-order valence-electron chi connectivity index (χ4n) is 3.11. The van der Waals surface area contributed by atoms with Crippen LogP contribution in [0.1, 0.15) is 50.2 Å². The second kappa shape index (κ2) is 6.99. The normalized spacial score (nSPS) is 17.8. The first-order chi connectivity index (χ1) is 12.6. The van der Waals surface area contributed by atoms with Crippen LogP contribution in [-0.2, 0) is 0 Å².